The number of para-hydroxylation sites is 2. The third-order valence-electron chi connectivity index (χ3n) is 5.88. The number of fused-ring (bicyclic) bond motifs is 1. The van der Waals surface area contributed by atoms with Gasteiger partial charge in [0.05, 0.1) is 17.9 Å². The second-order valence-corrected chi connectivity index (χ2v) is 9.88. The molecule has 1 aliphatic heterocycles. The average molecular weight is 509 g/mol. The molecule has 2 N–H and O–H groups in total. The Morgan fingerprint density at radius 1 is 1.05 bits per heavy atom. The number of rotatable bonds is 5. The number of carbonyl (C=O) groups excluding carboxylic acids is 5. The lowest BCUT2D eigenvalue weighted by Crippen LogP contribution is -2.55. The Balaban J connectivity index is 1.84. The molecule has 0 saturated carbocycles. The summed E-state index contributed by atoms with van der Waals surface area (Å²) in [4.78, 5) is 66.2. The largest absolute Gasteiger partial charge is 0.444 e. The quantitative estimate of drug-likeness (QED) is 0.598. The van der Waals surface area contributed by atoms with Crippen molar-refractivity contribution >= 4 is 41.0 Å². The van der Waals surface area contributed by atoms with Crippen LogP contribution in [0.2, 0.25) is 0 Å². The van der Waals surface area contributed by atoms with Crippen molar-refractivity contribution in [3.05, 3.63) is 59.7 Å². The van der Waals surface area contributed by atoms with E-state index in [0.29, 0.717) is 22.5 Å². The number of Topliss-reactive ketones (excluding diaryl/α,β-unsaturated/α-hetero) is 1. The van der Waals surface area contributed by atoms with E-state index in [2.05, 4.69) is 10.6 Å². The lowest BCUT2D eigenvalue weighted by Gasteiger charge is -2.29. The Hall–Kier alpha value is -4.21. The number of benzene rings is 2. The molecule has 10 nitrogen and oxygen atoms in total. The number of nitrogens with zero attached hydrogens (tertiary/aromatic N) is 2. The maximum Gasteiger partial charge on any atom is 0.410 e. The summed E-state index contributed by atoms with van der Waals surface area (Å²) in [6, 6.07) is 11.0. The van der Waals surface area contributed by atoms with Crippen molar-refractivity contribution in [2.75, 3.05) is 23.8 Å². The molecule has 37 heavy (non-hydrogen) atoms. The van der Waals surface area contributed by atoms with Crippen LogP contribution in [0.3, 0.4) is 0 Å². The molecule has 196 valence electrons. The third kappa shape index (κ3) is 6.52. The summed E-state index contributed by atoms with van der Waals surface area (Å²) in [5, 5.41) is 5.43. The van der Waals surface area contributed by atoms with Crippen molar-refractivity contribution in [1.82, 2.24) is 10.2 Å². The number of carbonyl (C=O) groups is 5. The van der Waals surface area contributed by atoms with E-state index in [4.69, 9.17) is 4.74 Å². The highest BCUT2D eigenvalue weighted by molar-refractivity contribution is 6.12. The molecular weight excluding hydrogens is 476 g/mol. The lowest BCUT2D eigenvalue weighted by atomic mass is 10.1. The predicted octanol–water partition coefficient (Wildman–Crippen LogP) is 3.23. The molecule has 10 heteroatoms. The number of likely N-dealkylation sites (N-methyl/N-ethyl adjacent to an activating group) is 1. The van der Waals surface area contributed by atoms with Crippen LogP contribution in [-0.2, 0) is 14.3 Å². The molecule has 1 aliphatic rings. The van der Waals surface area contributed by atoms with E-state index in [-0.39, 0.29) is 12.3 Å². The second kappa shape index (κ2) is 10.8. The first-order valence-electron chi connectivity index (χ1n) is 11.9. The maximum absolute atomic E-state index is 13.5. The van der Waals surface area contributed by atoms with Crippen molar-refractivity contribution in [2.24, 2.45) is 0 Å². The van der Waals surface area contributed by atoms with Crippen LogP contribution >= 0.6 is 0 Å². The van der Waals surface area contributed by atoms with Gasteiger partial charge in [-0.25, -0.2) is 4.79 Å². The Labute approximate surface area is 215 Å². The molecular formula is C27H32N4O6. The number of ether oxygens (including phenoxy) is 1. The Morgan fingerprint density at radius 2 is 1.65 bits per heavy atom. The van der Waals surface area contributed by atoms with Crippen LogP contribution in [0.4, 0.5) is 16.2 Å². The molecule has 0 fully saturated rings. The second-order valence-electron chi connectivity index (χ2n) is 9.88. The van der Waals surface area contributed by atoms with Gasteiger partial charge in [-0.05, 0) is 58.9 Å². The lowest BCUT2D eigenvalue weighted by molar-refractivity contribution is -0.129. The van der Waals surface area contributed by atoms with Gasteiger partial charge in [-0.1, -0.05) is 24.3 Å². The normalized spacial score (nSPS) is 16.0. The number of anilines is 2. The molecule has 2 aromatic carbocycles. The molecule has 3 rings (SSSR count). The minimum absolute atomic E-state index is 0.123. The molecule has 1 heterocycles. The smallest absolute Gasteiger partial charge is 0.410 e. The molecule has 0 saturated heterocycles. The van der Waals surface area contributed by atoms with E-state index in [1.54, 1.807) is 69.3 Å². The van der Waals surface area contributed by atoms with Crippen LogP contribution in [0.15, 0.2) is 48.5 Å². The van der Waals surface area contributed by atoms with Crippen molar-refractivity contribution < 1.29 is 28.7 Å². The van der Waals surface area contributed by atoms with Crippen molar-refractivity contribution in [3.63, 3.8) is 0 Å². The Kier molecular flexibility index (Phi) is 8.00. The molecule has 4 amide bonds. The first-order chi connectivity index (χ1) is 17.3. The number of hydrogen-bond acceptors (Lipinski definition) is 6. The first kappa shape index (κ1) is 27.4. The fourth-order valence-electron chi connectivity index (χ4n) is 3.67. The summed E-state index contributed by atoms with van der Waals surface area (Å²) < 4.78 is 5.32. The maximum atomic E-state index is 13.5. The minimum Gasteiger partial charge on any atom is -0.444 e. The van der Waals surface area contributed by atoms with Crippen molar-refractivity contribution in [1.29, 1.82) is 0 Å². The van der Waals surface area contributed by atoms with Gasteiger partial charge >= 0.3 is 6.09 Å². The number of hydrogen-bond donors (Lipinski definition) is 2. The van der Waals surface area contributed by atoms with Gasteiger partial charge in [-0.2, -0.15) is 0 Å². The SMILES string of the molecule is CC(=O)c1ccc(C(=O)N2C[C@H](NC(=O)[C@H](C)N(C)C(=O)OC(C)(C)C)C(=O)Nc3ccccc32)cc1. The van der Waals surface area contributed by atoms with Gasteiger partial charge in [0, 0.05) is 18.2 Å². The summed E-state index contributed by atoms with van der Waals surface area (Å²) in [5.41, 5.74) is 0.928. The number of ketones is 1. The molecule has 0 spiro atoms. The zero-order valence-electron chi connectivity index (χ0n) is 21.8. The topological polar surface area (TPSA) is 125 Å². The van der Waals surface area contributed by atoms with E-state index in [1.165, 1.54) is 25.8 Å². The Bertz CT molecular complexity index is 1220. The zero-order chi connectivity index (χ0) is 27.5. The summed E-state index contributed by atoms with van der Waals surface area (Å²) in [6.45, 7) is 7.96. The molecule has 0 unspecified atom stereocenters. The van der Waals surface area contributed by atoms with Crippen molar-refractivity contribution in [3.8, 4) is 0 Å². The van der Waals surface area contributed by atoms with Crippen molar-refractivity contribution in [2.45, 2.75) is 52.3 Å². The minimum atomic E-state index is -1.10. The monoisotopic (exact) mass is 508 g/mol. The van der Waals surface area contributed by atoms with E-state index in [1.807, 2.05) is 0 Å². The van der Waals surface area contributed by atoms with Crippen LogP contribution in [-0.4, -0.2) is 65.8 Å². The average Bonchev–Trinajstić information content (AvgIpc) is 2.97. The van der Waals surface area contributed by atoms with Gasteiger partial charge in [0.1, 0.15) is 17.7 Å². The highest BCUT2D eigenvalue weighted by Gasteiger charge is 2.35. The van der Waals surface area contributed by atoms with Gasteiger partial charge in [0.2, 0.25) is 11.8 Å². The van der Waals surface area contributed by atoms with Gasteiger partial charge in [-0.3, -0.25) is 24.1 Å². The van der Waals surface area contributed by atoms with E-state index in [0.717, 1.165) is 4.90 Å². The summed E-state index contributed by atoms with van der Waals surface area (Å²) in [5.74, 6) is -1.62. The highest BCUT2D eigenvalue weighted by atomic mass is 16.6. The number of nitrogens with one attached hydrogen (secondary N) is 2. The molecule has 0 bridgehead atoms. The van der Waals surface area contributed by atoms with Crippen LogP contribution in [0.1, 0.15) is 55.3 Å². The fraction of sp³-hybridized carbons (Fsp3) is 0.370. The molecule has 0 aliphatic carbocycles. The summed E-state index contributed by atoms with van der Waals surface area (Å²) >= 11 is 0. The van der Waals surface area contributed by atoms with Gasteiger partial charge in [-0.15, -0.1) is 0 Å². The van der Waals surface area contributed by atoms with Crippen LogP contribution in [0.25, 0.3) is 0 Å². The van der Waals surface area contributed by atoms with E-state index >= 15 is 0 Å². The van der Waals surface area contributed by atoms with Gasteiger partial charge in [0.15, 0.2) is 5.78 Å². The Morgan fingerprint density at radius 3 is 2.24 bits per heavy atom. The summed E-state index contributed by atoms with van der Waals surface area (Å²) in [7, 11) is 1.43. The van der Waals surface area contributed by atoms with E-state index < -0.39 is 41.5 Å². The third-order valence-corrected chi connectivity index (χ3v) is 5.88. The highest BCUT2D eigenvalue weighted by Crippen LogP contribution is 2.30. The van der Waals surface area contributed by atoms with Crippen LogP contribution in [0.5, 0.6) is 0 Å². The molecule has 2 atom stereocenters. The van der Waals surface area contributed by atoms with E-state index in [9.17, 15) is 24.0 Å². The number of amides is 4. The molecule has 2 aromatic rings. The van der Waals surface area contributed by atoms with Gasteiger partial charge < -0.3 is 20.3 Å². The van der Waals surface area contributed by atoms with Crippen LogP contribution in [0, 0.1) is 0 Å². The fourth-order valence-corrected chi connectivity index (χ4v) is 3.67. The molecule has 0 radical (unpaired) electrons. The summed E-state index contributed by atoms with van der Waals surface area (Å²) in [6.07, 6.45) is -0.682. The van der Waals surface area contributed by atoms with Gasteiger partial charge in [0.25, 0.3) is 5.91 Å². The zero-order valence-corrected chi connectivity index (χ0v) is 21.8. The molecule has 0 aromatic heterocycles. The predicted molar refractivity (Wildman–Crippen MR) is 139 cm³/mol. The first-order valence-corrected chi connectivity index (χ1v) is 11.9. The van der Waals surface area contributed by atoms with Crippen LogP contribution < -0.4 is 15.5 Å². The standard InChI is InChI=1S/C27H32N4O6/c1-16(30(6)26(36)37-27(3,4)5)23(33)29-21-15-31(22-10-8-7-9-20(22)28-24(21)34)25(35)19-13-11-18(12-14-19)17(2)32/h7-14,16,21H,15H2,1-6H3,(H,28,34)(H,29,33)/t16-,21-/m0/s1.